The monoisotopic (exact) mass is 317 g/mol. The normalized spacial score (nSPS) is 10.4. The summed E-state index contributed by atoms with van der Waals surface area (Å²) in [4.78, 5) is 5.43. The number of nitrogens with one attached hydrogen (secondary N) is 2. The van der Waals surface area contributed by atoms with Gasteiger partial charge in [-0.3, -0.25) is 0 Å². The molecule has 7 nitrogen and oxygen atoms in total. The molecule has 0 atom stereocenters. The predicted octanol–water partition coefficient (Wildman–Crippen LogP) is 0.690. The fourth-order valence-electron chi connectivity index (χ4n) is 1.86. The quantitative estimate of drug-likeness (QED) is 0.745. The number of hydrogen-bond acceptors (Lipinski definition) is 6. The first-order chi connectivity index (χ1) is 11.1. The molecule has 0 bridgehead atoms. The van der Waals surface area contributed by atoms with Crippen molar-refractivity contribution in [3.8, 4) is 17.6 Å². The molecule has 7 heteroatoms. The number of nitrogens with zero attached hydrogens (tertiary/aromatic N) is 2. The van der Waals surface area contributed by atoms with Crippen molar-refractivity contribution in [2.24, 2.45) is 0 Å². The number of aromatic nitrogens is 1. The van der Waals surface area contributed by atoms with E-state index in [1.807, 2.05) is 18.2 Å². The number of ether oxygens (including phenoxy) is 2. The minimum absolute atomic E-state index is 0.154. The zero-order valence-electron chi connectivity index (χ0n) is 13.5. The van der Waals surface area contributed by atoms with Crippen LogP contribution in [0.15, 0.2) is 28.7 Å². The van der Waals surface area contributed by atoms with Gasteiger partial charge in [0.2, 0.25) is 17.5 Å². The van der Waals surface area contributed by atoms with Crippen molar-refractivity contribution in [1.82, 2.24) is 4.98 Å². The van der Waals surface area contributed by atoms with Crippen molar-refractivity contribution in [3.63, 3.8) is 0 Å². The molecule has 0 spiro atoms. The van der Waals surface area contributed by atoms with E-state index in [1.54, 1.807) is 19.2 Å². The fraction of sp³-hybridized carbons (Fsp3) is 0.375. The summed E-state index contributed by atoms with van der Waals surface area (Å²) in [6.45, 7) is 1.76. The van der Waals surface area contributed by atoms with Crippen molar-refractivity contribution in [3.05, 3.63) is 35.9 Å². The molecule has 1 aromatic carbocycles. The summed E-state index contributed by atoms with van der Waals surface area (Å²) in [5, 5.41) is 12.2. The second-order valence-electron chi connectivity index (χ2n) is 5.25. The summed E-state index contributed by atoms with van der Waals surface area (Å²) in [6.07, 6.45) is 0. The fourth-order valence-corrected chi connectivity index (χ4v) is 1.86. The van der Waals surface area contributed by atoms with Gasteiger partial charge in [-0.15, -0.1) is 0 Å². The molecule has 0 radical (unpaired) electrons. The van der Waals surface area contributed by atoms with Gasteiger partial charge in [0.25, 0.3) is 0 Å². The van der Waals surface area contributed by atoms with E-state index in [-0.39, 0.29) is 12.3 Å². The third-order valence-corrected chi connectivity index (χ3v) is 3.11. The number of benzene rings is 1. The molecule has 0 fully saturated rings. The lowest BCUT2D eigenvalue weighted by molar-refractivity contribution is -0.856. The maximum atomic E-state index is 9.11. The van der Waals surface area contributed by atoms with Crippen LogP contribution in [0.25, 0.3) is 0 Å². The van der Waals surface area contributed by atoms with Gasteiger partial charge < -0.3 is 24.1 Å². The van der Waals surface area contributed by atoms with Gasteiger partial charge in [0.1, 0.15) is 17.6 Å². The molecule has 0 aliphatic carbocycles. The number of methoxy groups -OCH3 is 1. The van der Waals surface area contributed by atoms with Crippen LogP contribution in [0.2, 0.25) is 0 Å². The van der Waals surface area contributed by atoms with E-state index >= 15 is 0 Å². The zero-order chi connectivity index (χ0) is 16.7. The topological polar surface area (TPSA) is 84.8 Å². The second kappa shape index (κ2) is 8.06. The smallest absolute Gasteiger partial charge is 0.236 e. The van der Waals surface area contributed by atoms with E-state index in [4.69, 9.17) is 19.2 Å². The standard InChI is InChI=1S/C16H20N4O3/c1-20(2)9-8-18-16-14(10-17)19-15(23-16)11-22-13-6-4-12(21-3)5-7-13/h4-7,18H,8-9,11H2,1-3H3/p+1. The molecule has 0 amide bonds. The lowest BCUT2D eigenvalue weighted by Crippen LogP contribution is -3.06. The van der Waals surface area contributed by atoms with Crippen molar-refractivity contribution in [1.29, 1.82) is 5.26 Å². The van der Waals surface area contributed by atoms with Crippen LogP contribution in [0.5, 0.6) is 11.5 Å². The first kappa shape index (κ1) is 16.6. The van der Waals surface area contributed by atoms with Gasteiger partial charge in [-0.1, -0.05) is 0 Å². The van der Waals surface area contributed by atoms with Crippen LogP contribution in [0.3, 0.4) is 0 Å². The van der Waals surface area contributed by atoms with Crippen molar-refractivity contribution in [2.45, 2.75) is 6.61 Å². The Kier molecular flexibility index (Phi) is 5.83. The first-order valence-electron chi connectivity index (χ1n) is 7.32. The van der Waals surface area contributed by atoms with Gasteiger partial charge in [-0.25, -0.2) is 0 Å². The largest absolute Gasteiger partial charge is 0.497 e. The maximum Gasteiger partial charge on any atom is 0.236 e. The zero-order valence-corrected chi connectivity index (χ0v) is 13.5. The molecule has 23 heavy (non-hydrogen) atoms. The Hall–Kier alpha value is -2.72. The number of rotatable bonds is 8. The Bertz CT molecular complexity index is 659. The van der Waals surface area contributed by atoms with Crippen molar-refractivity contribution < 1.29 is 18.8 Å². The average Bonchev–Trinajstić information content (AvgIpc) is 2.95. The lowest BCUT2D eigenvalue weighted by Gasteiger charge is -2.07. The number of likely N-dealkylation sites (N-methyl/N-ethyl adjacent to an activating group) is 1. The Balaban J connectivity index is 1.94. The third kappa shape index (κ3) is 4.90. The third-order valence-electron chi connectivity index (χ3n) is 3.11. The molecule has 0 aliphatic heterocycles. The van der Waals surface area contributed by atoms with Crippen LogP contribution in [0.1, 0.15) is 11.6 Å². The van der Waals surface area contributed by atoms with Crippen LogP contribution >= 0.6 is 0 Å². The maximum absolute atomic E-state index is 9.11. The second-order valence-corrected chi connectivity index (χ2v) is 5.25. The highest BCUT2D eigenvalue weighted by Crippen LogP contribution is 2.20. The molecular weight excluding hydrogens is 296 g/mol. The van der Waals surface area contributed by atoms with Crippen LogP contribution < -0.4 is 19.7 Å². The summed E-state index contributed by atoms with van der Waals surface area (Å²) in [5.74, 6) is 2.18. The lowest BCUT2D eigenvalue weighted by atomic mass is 10.3. The van der Waals surface area contributed by atoms with E-state index in [9.17, 15) is 0 Å². The SMILES string of the molecule is COc1ccc(OCc2nc(C#N)c(NCC[NH+](C)C)o2)cc1. The summed E-state index contributed by atoms with van der Waals surface area (Å²) >= 11 is 0. The van der Waals surface area contributed by atoms with Gasteiger partial charge in [0, 0.05) is 0 Å². The molecule has 1 heterocycles. The molecule has 1 aromatic heterocycles. The van der Waals surface area contributed by atoms with E-state index in [2.05, 4.69) is 24.4 Å². The minimum Gasteiger partial charge on any atom is -0.497 e. The van der Waals surface area contributed by atoms with Crippen molar-refractivity contribution >= 4 is 5.88 Å². The number of hydrogen-bond donors (Lipinski definition) is 2. The van der Waals surface area contributed by atoms with E-state index in [1.165, 1.54) is 4.90 Å². The minimum atomic E-state index is 0.154. The molecule has 0 saturated heterocycles. The molecule has 2 aromatic rings. The van der Waals surface area contributed by atoms with E-state index in [0.29, 0.717) is 24.1 Å². The molecule has 2 rings (SSSR count). The molecular formula is C16H21N4O3+. The number of quaternary nitrogens is 1. The first-order valence-corrected chi connectivity index (χ1v) is 7.32. The summed E-state index contributed by atoms with van der Waals surface area (Å²) < 4.78 is 16.2. The highest BCUT2D eigenvalue weighted by Gasteiger charge is 2.13. The summed E-state index contributed by atoms with van der Waals surface area (Å²) in [6, 6.07) is 9.23. The van der Waals surface area contributed by atoms with Crippen LogP contribution in [-0.2, 0) is 6.61 Å². The van der Waals surface area contributed by atoms with E-state index < -0.39 is 0 Å². The van der Waals surface area contributed by atoms with Gasteiger partial charge in [-0.05, 0) is 24.3 Å². The summed E-state index contributed by atoms with van der Waals surface area (Å²) in [7, 11) is 5.72. The van der Waals surface area contributed by atoms with E-state index in [0.717, 1.165) is 12.3 Å². The molecule has 2 N–H and O–H groups in total. The average molecular weight is 317 g/mol. The van der Waals surface area contributed by atoms with Gasteiger partial charge in [-0.2, -0.15) is 10.2 Å². The van der Waals surface area contributed by atoms with Crippen LogP contribution in [0.4, 0.5) is 5.88 Å². The highest BCUT2D eigenvalue weighted by atomic mass is 16.5. The molecule has 122 valence electrons. The van der Waals surface area contributed by atoms with Gasteiger partial charge >= 0.3 is 0 Å². The Morgan fingerprint density at radius 3 is 2.57 bits per heavy atom. The Morgan fingerprint density at radius 2 is 1.96 bits per heavy atom. The molecule has 0 unspecified atom stereocenters. The number of anilines is 1. The van der Waals surface area contributed by atoms with Crippen LogP contribution in [0, 0.1) is 11.3 Å². The van der Waals surface area contributed by atoms with Crippen LogP contribution in [-0.4, -0.2) is 39.3 Å². The summed E-state index contributed by atoms with van der Waals surface area (Å²) in [5.41, 5.74) is 0.243. The highest BCUT2D eigenvalue weighted by molar-refractivity contribution is 5.45. The van der Waals surface area contributed by atoms with Gasteiger partial charge in [0.15, 0.2) is 6.61 Å². The molecule has 0 saturated carbocycles. The number of nitriles is 1. The van der Waals surface area contributed by atoms with Gasteiger partial charge in [0.05, 0.1) is 34.3 Å². The Morgan fingerprint density at radius 1 is 1.26 bits per heavy atom. The van der Waals surface area contributed by atoms with Crippen molar-refractivity contribution in [2.75, 3.05) is 39.6 Å². The predicted molar refractivity (Wildman–Crippen MR) is 84.7 cm³/mol. The molecule has 0 aliphatic rings. The Labute approximate surface area is 135 Å². The number of oxazole rings is 1.